The minimum atomic E-state index is -0.211. The lowest BCUT2D eigenvalue weighted by Crippen LogP contribution is -2.09. The quantitative estimate of drug-likeness (QED) is 0.232. The van der Waals surface area contributed by atoms with Crippen LogP contribution in [0.15, 0.2) is 35.9 Å². The molecule has 5 heteroatoms. The first-order chi connectivity index (χ1) is 11.5. The minimum Gasteiger partial charge on any atom is -0.465 e. The number of hydrogen-bond acceptors (Lipinski definition) is 4. The molecule has 24 heavy (non-hydrogen) atoms. The van der Waals surface area contributed by atoms with Crippen molar-refractivity contribution in [3.8, 4) is 0 Å². The highest BCUT2D eigenvalue weighted by molar-refractivity contribution is 14.1. The molecule has 1 aromatic carbocycles. The van der Waals surface area contributed by atoms with Gasteiger partial charge in [-0.25, -0.2) is 0 Å². The lowest BCUT2D eigenvalue weighted by molar-refractivity contribution is -0.144. The normalized spacial score (nSPS) is 10.1. The summed E-state index contributed by atoms with van der Waals surface area (Å²) in [6.45, 7) is 4.68. The number of esters is 2. The topological polar surface area (TPSA) is 52.6 Å². The van der Waals surface area contributed by atoms with Crippen molar-refractivity contribution in [1.29, 1.82) is 0 Å². The maximum absolute atomic E-state index is 11.7. The Morgan fingerprint density at radius 3 is 2.38 bits per heavy atom. The molecule has 4 nitrogen and oxygen atoms in total. The Labute approximate surface area is 157 Å². The predicted molar refractivity (Wildman–Crippen MR) is 103 cm³/mol. The van der Waals surface area contributed by atoms with Crippen LogP contribution < -0.4 is 0 Å². The van der Waals surface area contributed by atoms with E-state index in [2.05, 4.69) is 22.6 Å². The second kappa shape index (κ2) is 12.1. The van der Waals surface area contributed by atoms with Crippen molar-refractivity contribution >= 4 is 34.5 Å². The fraction of sp³-hybridized carbons (Fsp3) is 0.474. The molecule has 0 atom stereocenters. The number of halogens is 1. The Morgan fingerprint density at radius 2 is 1.71 bits per heavy atom. The summed E-state index contributed by atoms with van der Waals surface area (Å²) in [5.41, 5.74) is 2.09. The Bertz CT molecular complexity index is 545. The molecular weight excluding hydrogens is 419 g/mol. The number of benzene rings is 1. The number of rotatable bonds is 10. The van der Waals surface area contributed by atoms with E-state index < -0.39 is 0 Å². The van der Waals surface area contributed by atoms with E-state index >= 15 is 0 Å². The van der Waals surface area contributed by atoms with Crippen LogP contribution in [-0.4, -0.2) is 25.2 Å². The molecule has 0 heterocycles. The highest BCUT2D eigenvalue weighted by atomic mass is 127. The van der Waals surface area contributed by atoms with Crippen LogP contribution in [0.4, 0.5) is 0 Å². The van der Waals surface area contributed by atoms with E-state index in [1.165, 1.54) is 0 Å². The van der Waals surface area contributed by atoms with Crippen LogP contribution in [0.5, 0.6) is 0 Å². The standard InChI is InChI=1S/C19H25IO4/c1-15(2)11-13-24-18(21)6-4-3-5-12-23-19(22)14-16-7-9-17(20)10-8-16/h7-11H,3-6,12-14H2,1-2H3. The molecular formula is C19H25IO4. The number of carbonyl (C=O) groups is 2. The third-order valence-corrected chi connectivity index (χ3v) is 4.01. The maximum Gasteiger partial charge on any atom is 0.310 e. The molecule has 0 saturated heterocycles. The molecule has 0 unspecified atom stereocenters. The monoisotopic (exact) mass is 444 g/mol. The number of hydrogen-bond donors (Lipinski definition) is 0. The van der Waals surface area contributed by atoms with E-state index in [0.29, 0.717) is 26.1 Å². The van der Waals surface area contributed by atoms with E-state index in [1.54, 1.807) is 0 Å². The largest absolute Gasteiger partial charge is 0.465 e. The molecule has 0 N–H and O–H groups in total. The average Bonchev–Trinajstić information content (AvgIpc) is 2.52. The van der Waals surface area contributed by atoms with Gasteiger partial charge in [-0.05, 0) is 79.5 Å². The first-order valence-corrected chi connectivity index (χ1v) is 9.24. The average molecular weight is 444 g/mol. The first kappa shape index (κ1) is 20.7. The van der Waals surface area contributed by atoms with Crippen molar-refractivity contribution in [2.45, 2.75) is 46.0 Å². The smallest absolute Gasteiger partial charge is 0.310 e. The fourth-order valence-electron chi connectivity index (χ4n) is 1.93. The Morgan fingerprint density at radius 1 is 1.00 bits per heavy atom. The van der Waals surface area contributed by atoms with Gasteiger partial charge >= 0.3 is 11.9 Å². The van der Waals surface area contributed by atoms with Gasteiger partial charge in [-0.3, -0.25) is 9.59 Å². The molecule has 0 fully saturated rings. The highest BCUT2D eigenvalue weighted by Crippen LogP contribution is 2.08. The molecule has 0 saturated carbocycles. The number of ether oxygens (including phenoxy) is 2. The number of allylic oxidation sites excluding steroid dienone is 1. The molecule has 0 aliphatic heterocycles. The van der Waals surface area contributed by atoms with E-state index in [1.807, 2.05) is 44.2 Å². The summed E-state index contributed by atoms with van der Waals surface area (Å²) in [4.78, 5) is 23.2. The van der Waals surface area contributed by atoms with Gasteiger partial charge in [0, 0.05) is 9.99 Å². The zero-order valence-electron chi connectivity index (χ0n) is 14.3. The number of carbonyl (C=O) groups excluding carboxylic acids is 2. The summed E-state index contributed by atoms with van der Waals surface area (Å²) in [6.07, 6.45) is 4.95. The van der Waals surface area contributed by atoms with Crippen molar-refractivity contribution in [2.24, 2.45) is 0 Å². The van der Waals surface area contributed by atoms with Gasteiger partial charge in [0.1, 0.15) is 6.61 Å². The van der Waals surface area contributed by atoms with Gasteiger partial charge in [0.2, 0.25) is 0 Å². The van der Waals surface area contributed by atoms with E-state index in [9.17, 15) is 9.59 Å². The maximum atomic E-state index is 11.7. The first-order valence-electron chi connectivity index (χ1n) is 8.16. The lowest BCUT2D eigenvalue weighted by Gasteiger charge is -2.05. The SMILES string of the molecule is CC(C)=CCOC(=O)CCCCCOC(=O)Cc1ccc(I)cc1. The Balaban J connectivity index is 2.03. The van der Waals surface area contributed by atoms with Gasteiger partial charge in [-0.1, -0.05) is 17.7 Å². The molecule has 0 radical (unpaired) electrons. The van der Waals surface area contributed by atoms with Crippen LogP contribution in [0.2, 0.25) is 0 Å². The third-order valence-electron chi connectivity index (χ3n) is 3.29. The van der Waals surface area contributed by atoms with Crippen LogP contribution in [0.1, 0.15) is 45.1 Å². The second-order valence-electron chi connectivity index (χ2n) is 5.80. The van der Waals surface area contributed by atoms with E-state index in [0.717, 1.165) is 34.0 Å². The molecule has 0 aliphatic carbocycles. The van der Waals surface area contributed by atoms with Gasteiger partial charge < -0.3 is 9.47 Å². The van der Waals surface area contributed by atoms with Gasteiger partial charge in [-0.2, -0.15) is 0 Å². The van der Waals surface area contributed by atoms with Crippen LogP contribution in [0.25, 0.3) is 0 Å². The zero-order chi connectivity index (χ0) is 17.8. The minimum absolute atomic E-state index is 0.178. The van der Waals surface area contributed by atoms with Crippen LogP contribution >= 0.6 is 22.6 Å². The lowest BCUT2D eigenvalue weighted by atomic mass is 10.1. The Kier molecular flexibility index (Phi) is 10.4. The summed E-state index contributed by atoms with van der Waals surface area (Å²) >= 11 is 2.23. The van der Waals surface area contributed by atoms with Gasteiger partial charge in [0.15, 0.2) is 0 Å². The van der Waals surface area contributed by atoms with E-state index in [4.69, 9.17) is 9.47 Å². The van der Waals surface area contributed by atoms with Crippen LogP contribution in [-0.2, 0) is 25.5 Å². The second-order valence-corrected chi connectivity index (χ2v) is 7.04. The molecule has 0 spiro atoms. The Hall–Kier alpha value is -1.37. The van der Waals surface area contributed by atoms with Crippen LogP contribution in [0, 0.1) is 3.57 Å². The summed E-state index contributed by atoms with van der Waals surface area (Å²) in [5.74, 6) is -0.388. The van der Waals surface area contributed by atoms with Gasteiger partial charge in [0.25, 0.3) is 0 Å². The van der Waals surface area contributed by atoms with E-state index in [-0.39, 0.29) is 11.9 Å². The summed E-state index contributed by atoms with van der Waals surface area (Å²) < 4.78 is 11.4. The van der Waals surface area contributed by atoms with Gasteiger partial charge in [-0.15, -0.1) is 0 Å². The van der Waals surface area contributed by atoms with Crippen molar-refractivity contribution in [1.82, 2.24) is 0 Å². The zero-order valence-corrected chi connectivity index (χ0v) is 16.5. The molecule has 132 valence electrons. The molecule has 1 aromatic rings. The van der Waals surface area contributed by atoms with Crippen molar-refractivity contribution < 1.29 is 19.1 Å². The number of unbranched alkanes of at least 4 members (excludes halogenated alkanes) is 2. The van der Waals surface area contributed by atoms with Gasteiger partial charge in [0.05, 0.1) is 13.0 Å². The summed E-state index contributed by atoms with van der Waals surface area (Å²) in [6, 6.07) is 7.81. The molecule has 0 amide bonds. The molecule has 0 aromatic heterocycles. The fourth-order valence-corrected chi connectivity index (χ4v) is 2.29. The third kappa shape index (κ3) is 10.4. The van der Waals surface area contributed by atoms with Crippen molar-refractivity contribution in [3.63, 3.8) is 0 Å². The predicted octanol–water partition coefficient (Wildman–Crippen LogP) is 4.45. The van der Waals surface area contributed by atoms with Crippen molar-refractivity contribution in [2.75, 3.05) is 13.2 Å². The summed E-state index contributed by atoms with van der Waals surface area (Å²) in [7, 11) is 0. The van der Waals surface area contributed by atoms with Crippen molar-refractivity contribution in [3.05, 3.63) is 45.0 Å². The molecule has 0 bridgehead atoms. The van der Waals surface area contributed by atoms with Crippen LogP contribution in [0.3, 0.4) is 0 Å². The molecule has 1 rings (SSSR count). The summed E-state index contributed by atoms with van der Waals surface area (Å²) in [5, 5.41) is 0. The highest BCUT2D eigenvalue weighted by Gasteiger charge is 2.05. The molecule has 0 aliphatic rings.